The number of hydrogen-bond acceptors (Lipinski definition) is 5. The van der Waals surface area contributed by atoms with Crippen molar-refractivity contribution in [3.05, 3.63) is 30.0 Å². The van der Waals surface area contributed by atoms with Gasteiger partial charge in [0.25, 0.3) is 0 Å². The molecule has 0 aliphatic heterocycles. The average Bonchev–Trinajstić information content (AvgIpc) is 3.07. The van der Waals surface area contributed by atoms with Gasteiger partial charge in [0.05, 0.1) is 12.3 Å². The molecule has 1 fully saturated rings. The Bertz CT molecular complexity index is 710. The fraction of sp³-hybridized carbons (Fsp3) is 0.500. The molecular weight excluding hydrogens is 302 g/mol. The van der Waals surface area contributed by atoms with Gasteiger partial charge in [0.2, 0.25) is 5.69 Å². The first-order valence-corrected chi connectivity index (χ1v) is 8.56. The SMILES string of the molecule is CCOc1ccc(-n2nc(C#N)c(N(C)C3CCCCC3)n2)cc1. The zero-order chi connectivity index (χ0) is 16.9. The Morgan fingerprint density at radius 2 is 1.92 bits per heavy atom. The van der Waals surface area contributed by atoms with E-state index in [4.69, 9.17) is 4.74 Å². The van der Waals surface area contributed by atoms with Crippen molar-refractivity contribution in [3.63, 3.8) is 0 Å². The smallest absolute Gasteiger partial charge is 0.207 e. The summed E-state index contributed by atoms with van der Waals surface area (Å²) < 4.78 is 5.45. The molecule has 0 bridgehead atoms. The number of hydrogen-bond donors (Lipinski definition) is 0. The van der Waals surface area contributed by atoms with Crippen molar-refractivity contribution in [2.45, 2.75) is 45.1 Å². The van der Waals surface area contributed by atoms with Crippen LogP contribution in [0.1, 0.15) is 44.7 Å². The highest BCUT2D eigenvalue weighted by molar-refractivity contribution is 5.50. The lowest BCUT2D eigenvalue weighted by Crippen LogP contribution is -2.34. The summed E-state index contributed by atoms with van der Waals surface area (Å²) in [6, 6.07) is 10.2. The maximum absolute atomic E-state index is 9.43. The summed E-state index contributed by atoms with van der Waals surface area (Å²) in [5.41, 5.74) is 1.19. The van der Waals surface area contributed by atoms with Crippen LogP contribution in [0.2, 0.25) is 0 Å². The minimum Gasteiger partial charge on any atom is -0.494 e. The molecule has 0 N–H and O–H groups in total. The molecule has 1 aliphatic carbocycles. The summed E-state index contributed by atoms with van der Waals surface area (Å²) in [6.07, 6.45) is 6.08. The van der Waals surface area contributed by atoms with Gasteiger partial charge in [-0.2, -0.15) is 5.26 Å². The minimum atomic E-state index is 0.372. The first kappa shape index (κ1) is 16.3. The normalized spacial score (nSPS) is 15.0. The minimum absolute atomic E-state index is 0.372. The van der Waals surface area contributed by atoms with Gasteiger partial charge in [0.1, 0.15) is 11.8 Å². The highest BCUT2D eigenvalue weighted by atomic mass is 16.5. The van der Waals surface area contributed by atoms with Gasteiger partial charge in [0.15, 0.2) is 5.82 Å². The molecule has 1 saturated carbocycles. The van der Waals surface area contributed by atoms with Crippen molar-refractivity contribution < 1.29 is 4.74 Å². The lowest BCUT2D eigenvalue weighted by Gasteiger charge is -2.31. The first-order chi connectivity index (χ1) is 11.7. The van der Waals surface area contributed by atoms with Gasteiger partial charge < -0.3 is 9.64 Å². The Hall–Kier alpha value is -2.55. The standard InChI is InChI=1S/C18H23N5O/c1-3-24-16-11-9-15(10-12-16)23-20-17(13-19)18(21-23)22(2)14-7-5-4-6-8-14/h9-12,14H,3-8H2,1-2H3. The van der Waals surface area contributed by atoms with Crippen LogP contribution in [0.25, 0.3) is 5.69 Å². The van der Waals surface area contributed by atoms with Gasteiger partial charge in [-0.05, 0) is 44.0 Å². The maximum atomic E-state index is 9.43. The van der Waals surface area contributed by atoms with E-state index in [1.807, 2.05) is 38.2 Å². The fourth-order valence-electron chi connectivity index (χ4n) is 3.21. The van der Waals surface area contributed by atoms with E-state index in [0.29, 0.717) is 24.2 Å². The molecule has 6 nitrogen and oxygen atoms in total. The Balaban J connectivity index is 1.85. The molecule has 0 radical (unpaired) electrons. The van der Waals surface area contributed by atoms with E-state index in [9.17, 15) is 5.26 Å². The molecule has 1 heterocycles. The van der Waals surface area contributed by atoms with E-state index < -0.39 is 0 Å². The summed E-state index contributed by atoms with van der Waals surface area (Å²) in [5.74, 6) is 1.48. The molecule has 0 spiro atoms. The summed E-state index contributed by atoms with van der Waals surface area (Å²) in [7, 11) is 2.02. The van der Waals surface area contributed by atoms with E-state index in [2.05, 4.69) is 21.2 Å². The molecule has 126 valence electrons. The monoisotopic (exact) mass is 325 g/mol. The van der Waals surface area contributed by atoms with E-state index in [-0.39, 0.29) is 0 Å². The van der Waals surface area contributed by atoms with Crippen LogP contribution in [-0.2, 0) is 0 Å². The Morgan fingerprint density at radius 3 is 2.54 bits per heavy atom. The lowest BCUT2D eigenvalue weighted by atomic mass is 9.94. The zero-order valence-corrected chi connectivity index (χ0v) is 14.3. The van der Waals surface area contributed by atoms with Crippen molar-refractivity contribution in [3.8, 4) is 17.5 Å². The zero-order valence-electron chi connectivity index (χ0n) is 14.3. The Labute approximate surface area is 142 Å². The van der Waals surface area contributed by atoms with Crippen LogP contribution in [-0.4, -0.2) is 34.7 Å². The van der Waals surface area contributed by atoms with Gasteiger partial charge in [-0.3, -0.25) is 0 Å². The largest absolute Gasteiger partial charge is 0.494 e. The van der Waals surface area contributed by atoms with Gasteiger partial charge in [-0.15, -0.1) is 15.0 Å². The number of ether oxygens (including phenoxy) is 1. The topological polar surface area (TPSA) is 67.0 Å². The molecule has 1 aromatic heterocycles. The van der Waals surface area contributed by atoms with Crippen LogP contribution >= 0.6 is 0 Å². The third-order valence-electron chi connectivity index (χ3n) is 4.54. The van der Waals surface area contributed by atoms with E-state index in [1.165, 1.54) is 24.1 Å². The molecule has 6 heteroatoms. The van der Waals surface area contributed by atoms with Crippen molar-refractivity contribution >= 4 is 5.82 Å². The van der Waals surface area contributed by atoms with Crippen LogP contribution in [0.5, 0.6) is 5.75 Å². The molecule has 0 amide bonds. The second-order valence-electron chi connectivity index (χ2n) is 6.10. The van der Waals surface area contributed by atoms with Crippen molar-refractivity contribution in [2.24, 2.45) is 0 Å². The molecule has 0 unspecified atom stereocenters. The van der Waals surface area contributed by atoms with Gasteiger partial charge in [0, 0.05) is 13.1 Å². The van der Waals surface area contributed by atoms with Crippen LogP contribution in [0, 0.1) is 11.3 Å². The second kappa shape index (κ2) is 7.35. The summed E-state index contributed by atoms with van der Waals surface area (Å²) in [6.45, 7) is 2.59. The molecule has 2 aromatic rings. The number of benzene rings is 1. The summed E-state index contributed by atoms with van der Waals surface area (Å²) >= 11 is 0. The predicted molar refractivity (Wildman–Crippen MR) is 92.5 cm³/mol. The molecular formula is C18H23N5O. The lowest BCUT2D eigenvalue weighted by molar-refractivity contribution is 0.340. The molecule has 3 rings (SSSR count). The van der Waals surface area contributed by atoms with Crippen molar-refractivity contribution in [2.75, 3.05) is 18.6 Å². The van der Waals surface area contributed by atoms with E-state index in [0.717, 1.165) is 24.3 Å². The third-order valence-corrected chi connectivity index (χ3v) is 4.54. The highest BCUT2D eigenvalue weighted by Gasteiger charge is 2.24. The van der Waals surface area contributed by atoms with Crippen LogP contribution in [0.3, 0.4) is 0 Å². The molecule has 24 heavy (non-hydrogen) atoms. The third kappa shape index (κ3) is 3.35. The van der Waals surface area contributed by atoms with Crippen molar-refractivity contribution in [1.29, 1.82) is 5.26 Å². The van der Waals surface area contributed by atoms with Crippen LogP contribution < -0.4 is 9.64 Å². The molecule has 1 aromatic carbocycles. The quantitative estimate of drug-likeness (QED) is 0.843. The maximum Gasteiger partial charge on any atom is 0.207 e. The number of anilines is 1. The van der Waals surface area contributed by atoms with E-state index in [1.54, 1.807) is 0 Å². The molecule has 0 atom stereocenters. The first-order valence-electron chi connectivity index (χ1n) is 8.56. The number of aromatic nitrogens is 3. The Morgan fingerprint density at radius 1 is 1.21 bits per heavy atom. The van der Waals surface area contributed by atoms with Crippen LogP contribution in [0.15, 0.2) is 24.3 Å². The number of nitriles is 1. The fourth-order valence-corrected chi connectivity index (χ4v) is 3.21. The van der Waals surface area contributed by atoms with Crippen LogP contribution in [0.4, 0.5) is 5.82 Å². The summed E-state index contributed by atoms with van der Waals surface area (Å²) in [5, 5.41) is 18.4. The van der Waals surface area contributed by atoms with Gasteiger partial charge in [-0.25, -0.2) is 0 Å². The predicted octanol–water partition coefficient (Wildman–Crippen LogP) is 3.31. The molecule has 1 aliphatic rings. The average molecular weight is 325 g/mol. The van der Waals surface area contributed by atoms with Gasteiger partial charge >= 0.3 is 0 Å². The second-order valence-corrected chi connectivity index (χ2v) is 6.10. The highest BCUT2D eigenvalue weighted by Crippen LogP contribution is 2.27. The molecule has 0 saturated heterocycles. The Kier molecular flexibility index (Phi) is 4.99. The number of rotatable bonds is 5. The number of nitrogens with zero attached hydrogens (tertiary/aromatic N) is 5. The van der Waals surface area contributed by atoms with E-state index >= 15 is 0 Å². The van der Waals surface area contributed by atoms with Gasteiger partial charge in [-0.1, -0.05) is 19.3 Å². The van der Waals surface area contributed by atoms with Crippen molar-refractivity contribution in [1.82, 2.24) is 15.0 Å². The summed E-state index contributed by atoms with van der Waals surface area (Å²) in [4.78, 5) is 3.65.